The van der Waals surface area contributed by atoms with Gasteiger partial charge in [-0.1, -0.05) is 6.07 Å². The van der Waals surface area contributed by atoms with Crippen molar-refractivity contribution in [3.8, 4) is 5.75 Å². The average Bonchev–Trinajstić information content (AvgIpc) is 2.16. The van der Waals surface area contributed by atoms with Gasteiger partial charge in [-0.2, -0.15) is 0 Å². The molecule has 1 aromatic rings. The standard InChI is InChI=1S/C8H9NO4/c1-13-8-4-2-3-7(9(11)12)6(8)5-10/h2-4,10H,5H2,1H3. The predicted octanol–water partition coefficient (Wildman–Crippen LogP) is 1.10. The van der Waals surface area contributed by atoms with Crippen LogP contribution in [0.1, 0.15) is 5.56 Å². The van der Waals surface area contributed by atoms with Crippen molar-refractivity contribution in [2.45, 2.75) is 6.61 Å². The van der Waals surface area contributed by atoms with Crippen LogP contribution < -0.4 is 4.74 Å². The molecular weight excluding hydrogens is 174 g/mol. The van der Waals surface area contributed by atoms with E-state index in [4.69, 9.17) is 9.84 Å². The fourth-order valence-electron chi connectivity index (χ4n) is 1.08. The molecule has 5 nitrogen and oxygen atoms in total. The number of nitro benzene ring substituents is 1. The van der Waals surface area contributed by atoms with Crippen molar-refractivity contribution in [3.63, 3.8) is 0 Å². The zero-order valence-electron chi connectivity index (χ0n) is 7.06. The van der Waals surface area contributed by atoms with Crippen LogP contribution in [-0.2, 0) is 6.61 Å². The highest BCUT2D eigenvalue weighted by Gasteiger charge is 2.16. The highest BCUT2D eigenvalue weighted by molar-refractivity contribution is 5.48. The lowest BCUT2D eigenvalue weighted by Gasteiger charge is -2.05. The number of hydrogen-bond acceptors (Lipinski definition) is 4. The number of aliphatic hydroxyl groups excluding tert-OH is 1. The van der Waals surface area contributed by atoms with E-state index in [1.54, 1.807) is 6.07 Å². The molecule has 1 aromatic carbocycles. The Balaban J connectivity index is 3.27. The summed E-state index contributed by atoms with van der Waals surface area (Å²) in [5.41, 5.74) is 0.0804. The van der Waals surface area contributed by atoms with Crippen LogP contribution >= 0.6 is 0 Å². The number of ether oxygens (including phenoxy) is 1. The quantitative estimate of drug-likeness (QED) is 0.562. The molecule has 0 aliphatic carbocycles. The van der Waals surface area contributed by atoms with Gasteiger partial charge in [-0.05, 0) is 6.07 Å². The minimum Gasteiger partial charge on any atom is -0.496 e. The van der Waals surface area contributed by atoms with Gasteiger partial charge in [0.25, 0.3) is 5.69 Å². The largest absolute Gasteiger partial charge is 0.496 e. The van der Waals surface area contributed by atoms with Gasteiger partial charge in [0.05, 0.1) is 24.2 Å². The maximum absolute atomic E-state index is 10.5. The highest BCUT2D eigenvalue weighted by Crippen LogP contribution is 2.27. The first-order chi connectivity index (χ1) is 6.20. The van der Waals surface area contributed by atoms with Gasteiger partial charge < -0.3 is 9.84 Å². The van der Waals surface area contributed by atoms with Crippen LogP contribution in [0.3, 0.4) is 0 Å². The lowest BCUT2D eigenvalue weighted by Crippen LogP contribution is -1.98. The second-order valence-corrected chi connectivity index (χ2v) is 2.37. The summed E-state index contributed by atoms with van der Waals surface area (Å²) in [6.45, 7) is -0.402. The molecule has 0 radical (unpaired) electrons. The zero-order valence-corrected chi connectivity index (χ0v) is 7.06. The molecule has 0 aromatic heterocycles. The first-order valence-electron chi connectivity index (χ1n) is 3.61. The number of nitrogens with zero attached hydrogens (tertiary/aromatic N) is 1. The normalized spacial score (nSPS) is 9.69. The molecule has 0 unspecified atom stereocenters. The molecule has 5 heteroatoms. The summed E-state index contributed by atoms with van der Waals surface area (Å²) in [6.07, 6.45) is 0. The summed E-state index contributed by atoms with van der Waals surface area (Å²) in [5.74, 6) is 0.330. The minimum absolute atomic E-state index is 0.123. The van der Waals surface area contributed by atoms with E-state index in [9.17, 15) is 10.1 Å². The first kappa shape index (κ1) is 9.47. The van der Waals surface area contributed by atoms with Gasteiger partial charge in [0, 0.05) is 6.07 Å². The van der Waals surface area contributed by atoms with Crippen molar-refractivity contribution >= 4 is 5.69 Å². The van der Waals surface area contributed by atoms with Gasteiger partial charge in [0.15, 0.2) is 0 Å². The zero-order chi connectivity index (χ0) is 9.84. The van der Waals surface area contributed by atoms with Crippen molar-refractivity contribution < 1.29 is 14.8 Å². The monoisotopic (exact) mass is 183 g/mol. The molecule has 0 bridgehead atoms. The van der Waals surface area contributed by atoms with Gasteiger partial charge in [0.2, 0.25) is 0 Å². The van der Waals surface area contributed by atoms with Crippen molar-refractivity contribution in [3.05, 3.63) is 33.9 Å². The van der Waals surface area contributed by atoms with Crippen LogP contribution in [0.5, 0.6) is 5.75 Å². The Morgan fingerprint density at radius 2 is 2.31 bits per heavy atom. The van der Waals surface area contributed by atoms with E-state index < -0.39 is 11.5 Å². The Labute approximate surface area is 74.7 Å². The Kier molecular flexibility index (Phi) is 2.81. The summed E-state index contributed by atoms with van der Waals surface area (Å²) >= 11 is 0. The molecule has 0 amide bonds. The first-order valence-corrected chi connectivity index (χ1v) is 3.61. The van der Waals surface area contributed by atoms with Crippen LogP contribution in [0.25, 0.3) is 0 Å². The summed E-state index contributed by atoms with van der Waals surface area (Å²) in [4.78, 5) is 9.94. The van der Waals surface area contributed by atoms with E-state index in [0.29, 0.717) is 5.75 Å². The molecule has 0 atom stereocenters. The molecule has 1 N–H and O–H groups in total. The Hall–Kier alpha value is -1.62. The summed E-state index contributed by atoms with van der Waals surface area (Å²) in [6, 6.07) is 4.41. The van der Waals surface area contributed by atoms with E-state index >= 15 is 0 Å². The molecule has 0 fully saturated rings. The van der Waals surface area contributed by atoms with Crippen LogP contribution in [-0.4, -0.2) is 17.1 Å². The smallest absolute Gasteiger partial charge is 0.278 e. The number of hydrogen-bond donors (Lipinski definition) is 1. The number of nitro groups is 1. The Morgan fingerprint density at radius 3 is 2.77 bits per heavy atom. The predicted molar refractivity (Wildman–Crippen MR) is 45.6 cm³/mol. The second-order valence-electron chi connectivity index (χ2n) is 2.37. The van der Waals surface area contributed by atoms with Crippen molar-refractivity contribution in [1.82, 2.24) is 0 Å². The maximum atomic E-state index is 10.5. The Morgan fingerprint density at radius 1 is 1.62 bits per heavy atom. The third kappa shape index (κ3) is 1.75. The van der Waals surface area contributed by atoms with E-state index in [0.717, 1.165) is 0 Å². The van der Waals surface area contributed by atoms with Crippen LogP contribution in [0, 0.1) is 10.1 Å². The average molecular weight is 183 g/mol. The molecule has 0 saturated heterocycles. The minimum atomic E-state index is -0.548. The summed E-state index contributed by atoms with van der Waals surface area (Å²) in [7, 11) is 1.40. The van der Waals surface area contributed by atoms with Gasteiger partial charge in [-0.25, -0.2) is 0 Å². The molecule has 0 saturated carbocycles. The second kappa shape index (κ2) is 3.86. The lowest BCUT2D eigenvalue weighted by atomic mass is 10.1. The summed E-state index contributed by atoms with van der Waals surface area (Å²) in [5, 5.41) is 19.4. The fraction of sp³-hybridized carbons (Fsp3) is 0.250. The number of aliphatic hydroxyl groups is 1. The highest BCUT2D eigenvalue weighted by atomic mass is 16.6. The molecule has 0 heterocycles. The number of benzene rings is 1. The SMILES string of the molecule is COc1cccc([N+](=O)[O-])c1CO. The van der Waals surface area contributed by atoms with E-state index in [1.165, 1.54) is 19.2 Å². The molecular formula is C8H9NO4. The van der Waals surface area contributed by atoms with E-state index in [2.05, 4.69) is 0 Å². The fourth-order valence-corrected chi connectivity index (χ4v) is 1.08. The van der Waals surface area contributed by atoms with E-state index in [-0.39, 0.29) is 11.3 Å². The van der Waals surface area contributed by atoms with Crippen molar-refractivity contribution in [2.24, 2.45) is 0 Å². The molecule has 0 aliphatic heterocycles. The maximum Gasteiger partial charge on any atom is 0.278 e. The number of methoxy groups -OCH3 is 1. The summed E-state index contributed by atoms with van der Waals surface area (Å²) < 4.78 is 4.86. The topological polar surface area (TPSA) is 72.6 Å². The van der Waals surface area contributed by atoms with E-state index in [1.807, 2.05) is 0 Å². The van der Waals surface area contributed by atoms with Gasteiger partial charge in [-0.15, -0.1) is 0 Å². The van der Waals surface area contributed by atoms with Gasteiger partial charge in [0.1, 0.15) is 5.75 Å². The Bertz CT molecular complexity index is 324. The van der Waals surface area contributed by atoms with Crippen LogP contribution in [0.4, 0.5) is 5.69 Å². The van der Waals surface area contributed by atoms with Crippen molar-refractivity contribution in [1.29, 1.82) is 0 Å². The third-order valence-corrected chi connectivity index (χ3v) is 1.68. The van der Waals surface area contributed by atoms with Crippen LogP contribution in [0.2, 0.25) is 0 Å². The molecule has 0 aliphatic rings. The third-order valence-electron chi connectivity index (χ3n) is 1.68. The van der Waals surface area contributed by atoms with Gasteiger partial charge >= 0.3 is 0 Å². The van der Waals surface area contributed by atoms with Crippen LogP contribution in [0.15, 0.2) is 18.2 Å². The molecule has 0 spiro atoms. The molecule has 70 valence electrons. The lowest BCUT2D eigenvalue weighted by molar-refractivity contribution is -0.385. The number of rotatable bonds is 3. The molecule has 1 rings (SSSR count). The van der Waals surface area contributed by atoms with Gasteiger partial charge in [-0.3, -0.25) is 10.1 Å². The van der Waals surface area contributed by atoms with Crippen molar-refractivity contribution in [2.75, 3.05) is 7.11 Å². The molecule has 13 heavy (non-hydrogen) atoms.